The number of rotatable bonds is 5. The molecular weight excluding hydrogens is 332 g/mol. The number of hydrogen-bond acceptors (Lipinski definition) is 2. The molecule has 0 aliphatic carbocycles. The van der Waals surface area contributed by atoms with Crippen molar-refractivity contribution in [1.82, 2.24) is 4.90 Å². The van der Waals surface area contributed by atoms with Gasteiger partial charge in [0.2, 0.25) is 5.91 Å². The van der Waals surface area contributed by atoms with Crippen LogP contribution in [0, 0.1) is 6.92 Å². The summed E-state index contributed by atoms with van der Waals surface area (Å²) in [4.78, 5) is 14.2. The van der Waals surface area contributed by atoms with E-state index < -0.39 is 0 Å². The molecule has 1 amide bonds. The molecule has 2 aromatic carbocycles. The topological polar surface area (TPSA) is 32.3 Å². The van der Waals surface area contributed by atoms with Crippen molar-refractivity contribution in [3.8, 4) is 0 Å². The summed E-state index contributed by atoms with van der Waals surface area (Å²) in [6.07, 6.45) is 0. The van der Waals surface area contributed by atoms with E-state index in [0.717, 1.165) is 17.8 Å². The minimum Gasteiger partial charge on any atom is -0.325 e. The Morgan fingerprint density at radius 1 is 1.12 bits per heavy atom. The number of amides is 1. The number of nitrogens with one attached hydrogen (secondary N) is 1. The first kappa shape index (κ1) is 19.5. The lowest BCUT2D eigenvalue weighted by Crippen LogP contribution is -2.29. The average Bonchev–Trinajstić information content (AvgIpc) is 2.50. The van der Waals surface area contributed by atoms with Gasteiger partial charge in [-0.25, -0.2) is 0 Å². The highest BCUT2D eigenvalue weighted by atomic mass is 35.5. The van der Waals surface area contributed by atoms with E-state index >= 15 is 0 Å². The molecule has 0 aliphatic heterocycles. The van der Waals surface area contributed by atoms with Crippen molar-refractivity contribution in [2.75, 3.05) is 18.9 Å². The van der Waals surface area contributed by atoms with Crippen molar-refractivity contribution in [3.63, 3.8) is 0 Å². The number of hydrogen-bond donors (Lipinski definition) is 1. The largest absolute Gasteiger partial charge is 0.325 e. The van der Waals surface area contributed by atoms with Gasteiger partial charge in [0.25, 0.3) is 0 Å². The maximum absolute atomic E-state index is 12.2. The normalized spacial score (nSPS) is 11.6. The highest BCUT2D eigenvalue weighted by Gasteiger charge is 2.13. The molecule has 0 radical (unpaired) electrons. The fraction of sp³-hybridized carbons (Fsp3) is 0.381. The highest BCUT2D eigenvalue weighted by Crippen LogP contribution is 2.22. The fourth-order valence-electron chi connectivity index (χ4n) is 2.59. The summed E-state index contributed by atoms with van der Waals surface area (Å²) in [6.45, 7) is 9.60. The second-order valence-electron chi connectivity index (χ2n) is 7.63. The minimum absolute atomic E-state index is 0.0475. The van der Waals surface area contributed by atoms with Crippen LogP contribution in [0.2, 0.25) is 5.02 Å². The molecule has 25 heavy (non-hydrogen) atoms. The number of carbonyl (C=O) groups excluding carboxylic acids is 1. The third-order valence-corrected chi connectivity index (χ3v) is 4.55. The summed E-state index contributed by atoms with van der Waals surface area (Å²) in [7, 11) is 1.94. The minimum atomic E-state index is -0.0475. The van der Waals surface area contributed by atoms with Gasteiger partial charge in [-0.15, -0.1) is 0 Å². The molecule has 0 aliphatic rings. The Hall–Kier alpha value is -1.84. The number of nitrogens with zero attached hydrogens (tertiary/aromatic N) is 1. The summed E-state index contributed by atoms with van der Waals surface area (Å²) in [5.74, 6) is -0.0475. The van der Waals surface area contributed by atoms with E-state index in [9.17, 15) is 4.79 Å². The fourth-order valence-corrected chi connectivity index (χ4v) is 2.77. The molecule has 0 aromatic heterocycles. The van der Waals surface area contributed by atoms with Crippen molar-refractivity contribution in [2.45, 2.75) is 39.7 Å². The quantitative estimate of drug-likeness (QED) is 0.814. The number of aryl methyl sites for hydroxylation is 1. The number of likely N-dealkylation sites (N-methyl/N-ethyl adjacent to an activating group) is 1. The van der Waals surface area contributed by atoms with Crippen molar-refractivity contribution in [2.24, 2.45) is 0 Å². The molecule has 0 fully saturated rings. The summed E-state index contributed by atoms with van der Waals surface area (Å²) in [5, 5.41) is 3.55. The zero-order chi connectivity index (χ0) is 18.6. The van der Waals surface area contributed by atoms with E-state index in [-0.39, 0.29) is 11.3 Å². The van der Waals surface area contributed by atoms with Crippen LogP contribution in [0.15, 0.2) is 42.5 Å². The standard InChI is InChI=1S/C21H27ClN2O/c1-15-6-11-18(12-19(15)22)23-20(25)14-24(5)13-16-7-9-17(10-8-16)21(2,3)4/h6-12H,13-14H2,1-5H3,(H,23,25). The predicted octanol–water partition coefficient (Wildman–Crippen LogP) is 5.02. The summed E-state index contributed by atoms with van der Waals surface area (Å²) in [6, 6.07) is 14.1. The number of carbonyl (C=O) groups is 1. The van der Waals surface area contributed by atoms with E-state index in [2.05, 4.69) is 50.4 Å². The molecule has 1 N–H and O–H groups in total. The van der Waals surface area contributed by atoms with E-state index in [1.807, 2.05) is 31.0 Å². The lowest BCUT2D eigenvalue weighted by atomic mass is 9.87. The van der Waals surface area contributed by atoms with Crippen molar-refractivity contribution < 1.29 is 4.79 Å². The molecule has 0 spiro atoms. The Morgan fingerprint density at radius 2 is 1.76 bits per heavy atom. The second-order valence-corrected chi connectivity index (χ2v) is 8.04. The molecule has 134 valence electrons. The Kier molecular flexibility index (Phi) is 6.26. The van der Waals surface area contributed by atoms with Crippen LogP contribution in [0.4, 0.5) is 5.69 Å². The zero-order valence-corrected chi connectivity index (χ0v) is 16.4. The van der Waals surface area contributed by atoms with Crippen molar-refractivity contribution >= 4 is 23.2 Å². The van der Waals surface area contributed by atoms with E-state index in [1.165, 1.54) is 11.1 Å². The highest BCUT2D eigenvalue weighted by molar-refractivity contribution is 6.31. The summed E-state index contributed by atoms with van der Waals surface area (Å²) in [5.41, 5.74) is 4.38. The first-order valence-corrected chi connectivity index (χ1v) is 8.87. The maximum Gasteiger partial charge on any atom is 0.238 e. The van der Waals surface area contributed by atoms with Gasteiger partial charge in [0, 0.05) is 17.3 Å². The third-order valence-electron chi connectivity index (χ3n) is 4.14. The molecule has 3 nitrogen and oxygen atoms in total. The van der Waals surface area contributed by atoms with Crippen LogP contribution >= 0.6 is 11.6 Å². The summed E-state index contributed by atoms with van der Waals surface area (Å²) >= 11 is 6.09. The first-order chi connectivity index (χ1) is 11.6. The monoisotopic (exact) mass is 358 g/mol. The van der Waals surface area contributed by atoms with E-state index in [1.54, 1.807) is 6.07 Å². The lowest BCUT2D eigenvalue weighted by Gasteiger charge is -2.20. The van der Waals surface area contributed by atoms with E-state index in [4.69, 9.17) is 11.6 Å². The van der Waals surface area contributed by atoms with Crippen molar-refractivity contribution in [3.05, 3.63) is 64.2 Å². The van der Waals surface area contributed by atoms with Gasteiger partial charge >= 0.3 is 0 Å². The third kappa shape index (κ3) is 5.87. The van der Waals surface area contributed by atoms with Crippen LogP contribution in [-0.4, -0.2) is 24.4 Å². The number of anilines is 1. The SMILES string of the molecule is Cc1ccc(NC(=O)CN(C)Cc2ccc(C(C)(C)C)cc2)cc1Cl. The van der Waals surface area contributed by atoms with E-state index in [0.29, 0.717) is 11.6 Å². The van der Waals surface area contributed by atoms with Crippen LogP contribution in [-0.2, 0) is 16.8 Å². The predicted molar refractivity (Wildman–Crippen MR) is 106 cm³/mol. The van der Waals surface area contributed by atoms with Gasteiger partial charge in [0.1, 0.15) is 0 Å². The molecule has 0 atom stereocenters. The number of benzene rings is 2. The van der Waals surface area contributed by atoms with Crippen LogP contribution in [0.5, 0.6) is 0 Å². The Balaban J connectivity index is 1.89. The lowest BCUT2D eigenvalue weighted by molar-refractivity contribution is -0.117. The summed E-state index contributed by atoms with van der Waals surface area (Å²) < 4.78 is 0. The zero-order valence-electron chi connectivity index (χ0n) is 15.7. The van der Waals surface area contributed by atoms with Crippen molar-refractivity contribution in [1.29, 1.82) is 0 Å². The van der Waals surface area contributed by atoms with Crippen LogP contribution < -0.4 is 5.32 Å². The Morgan fingerprint density at radius 3 is 2.32 bits per heavy atom. The van der Waals surface area contributed by atoms with Gasteiger partial charge in [-0.3, -0.25) is 9.69 Å². The molecule has 2 rings (SSSR count). The molecular formula is C21H27ClN2O. The van der Waals surface area contributed by atoms with Gasteiger partial charge in [0.05, 0.1) is 6.54 Å². The first-order valence-electron chi connectivity index (χ1n) is 8.49. The van der Waals surface area contributed by atoms with Crippen LogP contribution in [0.1, 0.15) is 37.5 Å². The molecule has 0 unspecified atom stereocenters. The van der Waals surface area contributed by atoms with Gasteiger partial charge in [0.15, 0.2) is 0 Å². The van der Waals surface area contributed by atoms with Gasteiger partial charge in [-0.2, -0.15) is 0 Å². The molecule has 0 saturated carbocycles. The van der Waals surface area contributed by atoms with Gasteiger partial charge < -0.3 is 5.32 Å². The molecule has 0 saturated heterocycles. The Bertz CT molecular complexity index is 733. The maximum atomic E-state index is 12.2. The van der Waals surface area contributed by atoms with Crippen LogP contribution in [0.25, 0.3) is 0 Å². The van der Waals surface area contributed by atoms with Gasteiger partial charge in [-0.1, -0.05) is 62.7 Å². The van der Waals surface area contributed by atoms with Gasteiger partial charge in [-0.05, 0) is 48.2 Å². The average molecular weight is 359 g/mol. The second kappa shape index (κ2) is 8.03. The number of halogens is 1. The Labute approximate surface area is 156 Å². The van der Waals surface area contributed by atoms with Crippen LogP contribution in [0.3, 0.4) is 0 Å². The molecule has 2 aromatic rings. The smallest absolute Gasteiger partial charge is 0.238 e. The molecule has 0 bridgehead atoms. The molecule has 4 heteroatoms. The molecule has 0 heterocycles.